The van der Waals surface area contributed by atoms with Gasteiger partial charge in [0, 0.05) is 12.1 Å². The monoisotopic (exact) mass is 525 g/mol. The first-order valence-corrected chi connectivity index (χ1v) is 14.6. The zero-order valence-electron chi connectivity index (χ0n) is 23.1. The number of carbonyl (C=O) groups is 1. The Bertz CT molecular complexity index is 1460. The number of aromatic nitrogens is 2. The first-order valence-electron chi connectivity index (χ1n) is 14.6. The standard InChI is InChI=1S/C33H39N3O3/c1-38-26-17-18-27(30(21-26)39-2)32-35-28-19-23-13-9-10-14-24(23)20-29(28)36(32)31(22-11-5-3-6-12-22)33(37)34-25-15-7-4-8-16-25/h9-10,13-14,17-22,25,31H,3-8,11-12,15-16H2,1-2H3,(H,34,37). The zero-order valence-corrected chi connectivity index (χ0v) is 23.1. The molecule has 39 heavy (non-hydrogen) atoms. The lowest BCUT2D eigenvalue weighted by atomic mass is 9.82. The molecule has 1 N–H and O–H groups in total. The average Bonchev–Trinajstić information content (AvgIpc) is 3.34. The first-order chi connectivity index (χ1) is 19.2. The fourth-order valence-corrected chi connectivity index (χ4v) is 6.76. The number of carbonyl (C=O) groups excluding carboxylic acids is 1. The molecule has 0 radical (unpaired) electrons. The van der Waals surface area contributed by atoms with E-state index in [1.165, 1.54) is 25.7 Å². The molecule has 4 aromatic rings. The number of fused-ring (bicyclic) bond motifs is 2. The summed E-state index contributed by atoms with van der Waals surface area (Å²) < 4.78 is 13.6. The summed E-state index contributed by atoms with van der Waals surface area (Å²) in [6, 6.07) is 18.5. The number of hydrogen-bond acceptors (Lipinski definition) is 4. The summed E-state index contributed by atoms with van der Waals surface area (Å²) in [5.74, 6) is 2.58. The molecule has 1 atom stereocenters. The van der Waals surface area contributed by atoms with E-state index in [-0.39, 0.29) is 23.9 Å². The van der Waals surface area contributed by atoms with E-state index in [9.17, 15) is 4.79 Å². The van der Waals surface area contributed by atoms with Crippen LogP contribution in [-0.4, -0.2) is 35.7 Å². The summed E-state index contributed by atoms with van der Waals surface area (Å²) in [6.07, 6.45) is 11.4. The molecule has 3 aromatic carbocycles. The number of hydrogen-bond donors (Lipinski definition) is 1. The van der Waals surface area contributed by atoms with E-state index in [0.717, 1.165) is 77.5 Å². The molecule has 204 valence electrons. The van der Waals surface area contributed by atoms with Crippen molar-refractivity contribution in [1.82, 2.24) is 14.9 Å². The number of imidazole rings is 1. The minimum absolute atomic E-state index is 0.134. The highest BCUT2D eigenvalue weighted by atomic mass is 16.5. The van der Waals surface area contributed by atoms with Crippen LogP contribution in [-0.2, 0) is 4.79 Å². The van der Waals surface area contributed by atoms with Crippen molar-refractivity contribution in [3.63, 3.8) is 0 Å². The van der Waals surface area contributed by atoms with Gasteiger partial charge in [-0.3, -0.25) is 4.79 Å². The summed E-state index contributed by atoms with van der Waals surface area (Å²) in [5.41, 5.74) is 2.76. The summed E-state index contributed by atoms with van der Waals surface area (Å²) in [6.45, 7) is 0. The number of rotatable bonds is 7. The van der Waals surface area contributed by atoms with Gasteiger partial charge in [0.15, 0.2) is 0 Å². The molecular formula is C33H39N3O3. The molecule has 2 aliphatic carbocycles. The predicted octanol–water partition coefficient (Wildman–Crippen LogP) is 7.44. The van der Waals surface area contributed by atoms with Gasteiger partial charge in [-0.1, -0.05) is 62.8 Å². The molecule has 0 aliphatic heterocycles. The van der Waals surface area contributed by atoms with Crippen LogP contribution < -0.4 is 14.8 Å². The first kappa shape index (κ1) is 25.7. The van der Waals surface area contributed by atoms with Crippen molar-refractivity contribution in [3.8, 4) is 22.9 Å². The maximum Gasteiger partial charge on any atom is 0.243 e. The van der Waals surface area contributed by atoms with E-state index < -0.39 is 0 Å². The van der Waals surface area contributed by atoms with Crippen LogP contribution in [0.5, 0.6) is 11.5 Å². The van der Waals surface area contributed by atoms with E-state index in [4.69, 9.17) is 14.5 Å². The quantitative estimate of drug-likeness (QED) is 0.272. The second-order valence-corrected chi connectivity index (χ2v) is 11.2. The third-order valence-corrected chi connectivity index (χ3v) is 8.80. The minimum atomic E-state index is -0.333. The van der Waals surface area contributed by atoms with Crippen LogP contribution in [0, 0.1) is 5.92 Å². The fraction of sp³-hybridized carbons (Fsp3) is 0.455. The van der Waals surface area contributed by atoms with Crippen LogP contribution in [0.25, 0.3) is 33.2 Å². The minimum Gasteiger partial charge on any atom is -0.497 e. The van der Waals surface area contributed by atoms with Gasteiger partial charge in [-0.05, 0) is 66.6 Å². The summed E-state index contributed by atoms with van der Waals surface area (Å²) in [4.78, 5) is 19.5. The van der Waals surface area contributed by atoms with Crippen LogP contribution in [0.15, 0.2) is 54.6 Å². The predicted molar refractivity (Wildman–Crippen MR) is 156 cm³/mol. The van der Waals surface area contributed by atoms with Crippen molar-refractivity contribution in [3.05, 3.63) is 54.6 Å². The molecule has 6 heteroatoms. The lowest BCUT2D eigenvalue weighted by Crippen LogP contribution is -2.43. The molecule has 0 spiro atoms. The second kappa shape index (κ2) is 11.3. The number of benzene rings is 3. The maximum atomic E-state index is 14.3. The Morgan fingerprint density at radius 3 is 2.26 bits per heavy atom. The number of nitrogens with zero attached hydrogens (tertiary/aromatic N) is 2. The van der Waals surface area contributed by atoms with E-state index in [1.807, 2.05) is 18.2 Å². The zero-order chi connectivity index (χ0) is 26.8. The van der Waals surface area contributed by atoms with Gasteiger partial charge in [0.25, 0.3) is 0 Å². The Balaban J connectivity index is 1.56. The summed E-state index contributed by atoms with van der Waals surface area (Å²) in [7, 11) is 3.33. The maximum absolute atomic E-state index is 14.3. The topological polar surface area (TPSA) is 65.4 Å². The molecule has 0 saturated heterocycles. The second-order valence-electron chi connectivity index (χ2n) is 11.2. The van der Waals surface area contributed by atoms with Crippen molar-refractivity contribution in [2.75, 3.05) is 14.2 Å². The molecule has 2 fully saturated rings. The molecule has 1 aromatic heterocycles. The van der Waals surface area contributed by atoms with Gasteiger partial charge in [0.05, 0.1) is 30.8 Å². The molecule has 6 rings (SSSR count). The van der Waals surface area contributed by atoms with Gasteiger partial charge < -0.3 is 19.4 Å². The highest BCUT2D eigenvalue weighted by Crippen LogP contribution is 2.42. The molecule has 1 heterocycles. The van der Waals surface area contributed by atoms with Gasteiger partial charge in [-0.25, -0.2) is 4.98 Å². The number of methoxy groups -OCH3 is 2. The van der Waals surface area contributed by atoms with E-state index in [2.05, 4.69) is 46.3 Å². The van der Waals surface area contributed by atoms with Crippen LogP contribution >= 0.6 is 0 Å². The van der Waals surface area contributed by atoms with Crippen molar-refractivity contribution in [2.24, 2.45) is 5.92 Å². The molecule has 2 saturated carbocycles. The highest BCUT2D eigenvalue weighted by Gasteiger charge is 2.36. The normalized spacial score (nSPS) is 17.8. The average molecular weight is 526 g/mol. The molecular weight excluding hydrogens is 486 g/mol. The van der Waals surface area contributed by atoms with Crippen molar-refractivity contribution in [2.45, 2.75) is 76.3 Å². The Hall–Kier alpha value is -3.54. The Kier molecular flexibility index (Phi) is 7.45. The Labute approximate surface area is 230 Å². The van der Waals surface area contributed by atoms with Crippen molar-refractivity contribution < 1.29 is 14.3 Å². The van der Waals surface area contributed by atoms with Gasteiger partial charge in [-0.15, -0.1) is 0 Å². The number of nitrogens with one attached hydrogen (secondary N) is 1. The molecule has 0 bridgehead atoms. The summed E-state index contributed by atoms with van der Waals surface area (Å²) in [5, 5.41) is 5.78. The lowest BCUT2D eigenvalue weighted by Gasteiger charge is -2.34. The van der Waals surface area contributed by atoms with Crippen LogP contribution in [0.1, 0.15) is 70.3 Å². The number of amides is 1. The largest absolute Gasteiger partial charge is 0.497 e. The van der Waals surface area contributed by atoms with E-state index >= 15 is 0 Å². The lowest BCUT2D eigenvalue weighted by molar-refractivity contribution is -0.127. The highest BCUT2D eigenvalue weighted by molar-refractivity contribution is 5.98. The van der Waals surface area contributed by atoms with Crippen LogP contribution in [0.4, 0.5) is 0 Å². The van der Waals surface area contributed by atoms with Gasteiger partial charge in [0.2, 0.25) is 5.91 Å². The smallest absolute Gasteiger partial charge is 0.243 e. The van der Waals surface area contributed by atoms with Crippen LogP contribution in [0.2, 0.25) is 0 Å². The molecule has 2 aliphatic rings. The van der Waals surface area contributed by atoms with Crippen LogP contribution in [0.3, 0.4) is 0 Å². The molecule has 1 amide bonds. The fourth-order valence-electron chi connectivity index (χ4n) is 6.76. The van der Waals surface area contributed by atoms with Crippen molar-refractivity contribution >= 4 is 27.7 Å². The summed E-state index contributed by atoms with van der Waals surface area (Å²) >= 11 is 0. The van der Waals surface area contributed by atoms with Gasteiger partial charge >= 0.3 is 0 Å². The third kappa shape index (κ3) is 5.09. The molecule has 1 unspecified atom stereocenters. The number of ether oxygens (including phenoxy) is 2. The SMILES string of the molecule is COc1ccc(-c2nc3cc4ccccc4cc3n2C(C(=O)NC2CCCCC2)C2CCCCC2)c(OC)c1. The Morgan fingerprint density at radius 1 is 0.872 bits per heavy atom. The van der Waals surface area contributed by atoms with E-state index in [0.29, 0.717) is 5.75 Å². The van der Waals surface area contributed by atoms with E-state index in [1.54, 1.807) is 14.2 Å². The third-order valence-electron chi connectivity index (χ3n) is 8.80. The van der Waals surface area contributed by atoms with Gasteiger partial charge in [-0.2, -0.15) is 0 Å². The molecule has 6 nitrogen and oxygen atoms in total. The Morgan fingerprint density at radius 2 is 1.56 bits per heavy atom. The van der Waals surface area contributed by atoms with Gasteiger partial charge in [0.1, 0.15) is 23.4 Å². The van der Waals surface area contributed by atoms with Crippen molar-refractivity contribution in [1.29, 1.82) is 0 Å².